The van der Waals surface area contributed by atoms with Crippen molar-refractivity contribution in [3.8, 4) is 0 Å². The van der Waals surface area contributed by atoms with Gasteiger partial charge in [-0.15, -0.1) is 0 Å². The second kappa shape index (κ2) is 6.96. The van der Waals surface area contributed by atoms with Crippen LogP contribution in [-0.2, 0) is 17.9 Å². The molecule has 1 aromatic heterocycles. The normalized spacial score (nSPS) is 14.2. The summed E-state index contributed by atoms with van der Waals surface area (Å²) >= 11 is 0. The van der Waals surface area contributed by atoms with Gasteiger partial charge in [0.15, 0.2) is 0 Å². The standard InChI is InChI=1S/C13H17FN4O/c14-12(13(15)8-18-16-6-7-17-18)10-19-9-11-4-2-1-3-5-11/h1-7,12-13H,8-10,15H2/t12-,13-/m0/s1. The highest BCUT2D eigenvalue weighted by Gasteiger charge is 2.18. The van der Waals surface area contributed by atoms with Gasteiger partial charge in [0.1, 0.15) is 6.17 Å². The number of alkyl halides is 1. The molecule has 0 radical (unpaired) electrons. The van der Waals surface area contributed by atoms with E-state index in [2.05, 4.69) is 10.2 Å². The van der Waals surface area contributed by atoms with Gasteiger partial charge in [0.25, 0.3) is 0 Å². The summed E-state index contributed by atoms with van der Waals surface area (Å²) in [6, 6.07) is 8.94. The molecule has 6 heteroatoms. The Morgan fingerprint density at radius 1 is 1.21 bits per heavy atom. The van der Waals surface area contributed by atoms with Gasteiger partial charge in [-0.2, -0.15) is 15.0 Å². The van der Waals surface area contributed by atoms with E-state index >= 15 is 0 Å². The molecule has 2 aromatic rings. The minimum atomic E-state index is -1.24. The summed E-state index contributed by atoms with van der Waals surface area (Å²) in [6.07, 6.45) is 1.83. The van der Waals surface area contributed by atoms with Gasteiger partial charge in [-0.05, 0) is 5.56 Å². The maximum Gasteiger partial charge on any atom is 0.140 e. The van der Waals surface area contributed by atoms with Crippen LogP contribution in [0.5, 0.6) is 0 Å². The molecule has 0 bridgehead atoms. The van der Waals surface area contributed by atoms with Crippen LogP contribution in [-0.4, -0.2) is 33.8 Å². The molecule has 2 rings (SSSR count). The largest absolute Gasteiger partial charge is 0.374 e. The molecule has 0 aliphatic carbocycles. The zero-order chi connectivity index (χ0) is 13.5. The van der Waals surface area contributed by atoms with E-state index in [1.807, 2.05) is 30.3 Å². The zero-order valence-corrected chi connectivity index (χ0v) is 10.5. The van der Waals surface area contributed by atoms with Gasteiger partial charge < -0.3 is 10.5 Å². The van der Waals surface area contributed by atoms with Crippen molar-refractivity contribution >= 4 is 0 Å². The summed E-state index contributed by atoms with van der Waals surface area (Å²) in [5, 5.41) is 7.77. The quantitative estimate of drug-likeness (QED) is 0.815. The van der Waals surface area contributed by atoms with E-state index in [4.69, 9.17) is 10.5 Å². The van der Waals surface area contributed by atoms with Gasteiger partial charge in [0.05, 0.1) is 38.2 Å². The average Bonchev–Trinajstić information content (AvgIpc) is 2.92. The van der Waals surface area contributed by atoms with Crippen LogP contribution < -0.4 is 5.73 Å². The molecule has 0 aliphatic heterocycles. The summed E-state index contributed by atoms with van der Waals surface area (Å²) in [5.41, 5.74) is 6.74. The van der Waals surface area contributed by atoms with Crippen LogP contribution in [0.3, 0.4) is 0 Å². The van der Waals surface area contributed by atoms with Crippen molar-refractivity contribution in [1.29, 1.82) is 0 Å². The van der Waals surface area contributed by atoms with Gasteiger partial charge in [-0.3, -0.25) is 0 Å². The third-order valence-electron chi connectivity index (χ3n) is 2.69. The summed E-state index contributed by atoms with van der Waals surface area (Å²) in [4.78, 5) is 1.37. The van der Waals surface area contributed by atoms with Crippen LogP contribution in [0.1, 0.15) is 5.56 Å². The highest BCUT2D eigenvalue weighted by Crippen LogP contribution is 2.04. The minimum absolute atomic E-state index is 0.0304. The monoisotopic (exact) mass is 264 g/mol. The molecule has 0 spiro atoms. The van der Waals surface area contributed by atoms with Crippen molar-refractivity contribution in [3.05, 3.63) is 48.3 Å². The SMILES string of the molecule is N[C@@H](Cn1nccn1)[C@@H](F)COCc1ccccc1. The molecular weight excluding hydrogens is 247 g/mol. The summed E-state index contributed by atoms with van der Waals surface area (Å²) < 4.78 is 19.1. The van der Waals surface area contributed by atoms with Crippen LogP contribution in [0.15, 0.2) is 42.7 Å². The number of hydrogen-bond acceptors (Lipinski definition) is 4. The number of rotatable bonds is 7. The Balaban J connectivity index is 1.70. The first-order valence-electron chi connectivity index (χ1n) is 6.11. The molecule has 19 heavy (non-hydrogen) atoms. The molecule has 1 aromatic carbocycles. The maximum atomic E-state index is 13.8. The molecule has 5 nitrogen and oxygen atoms in total. The summed E-state index contributed by atoms with van der Waals surface area (Å²) in [6.45, 7) is 0.591. The topological polar surface area (TPSA) is 66.0 Å². The summed E-state index contributed by atoms with van der Waals surface area (Å²) in [7, 11) is 0. The van der Waals surface area contributed by atoms with E-state index in [1.165, 1.54) is 17.2 Å². The minimum Gasteiger partial charge on any atom is -0.374 e. The lowest BCUT2D eigenvalue weighted by atomic mass is 10.2. The highest BCUT2D eigenvalue weighted by atomic mass is 19.1. The highest BCUT2D eigenvalue weighted by molar-refractivity contribution is 5.13. The first-order valence-corrected chi connectivity index (χ1v) is 6.11. The van der Waals surface area contributed by atoms with Gasteiger partial charge in [0.2, 0.25) is 0 Å². The second-order valence-corrected chi connectivity index (χ2v) is 4.26. The van der Waals surface area contributed by atoms with Crippen LogP contribution in [0.25, 0.3) is 0 Å². The fraction of sp³-hybridized carbons (Fsp3) is 0.385. The molecule has 1 heterocycles. The van der Waals surface area contributed by atoms with Crippen molar-refractivity contribution < 1.29 is 9.13 Å². The number of halogens is 1. The van der Waals surface area contributed by atoms with E-state index in [-0.39, 0.29) is 13.2 Å². The average molecular weight is 264 g/mol. The fourth-order valence-corrected chi connectivity index (χ4v) is 1.63. The van der Waals surface area contributed by atoms with Crippen LogP contribution in [0.2, 0.25) is 0 Å². The number of benzene rings is 1. The van der Waals surface area contributed by atoms with Crippen LogP contribution in [0.4, 0.5) is 4.39 Å². The Labute approximate surface area is 111 Å². The predicted octanol–water partition coefficient (Wildman–Crippen LogP) is 1.16. The second-order valence-electron chi connectivity index (χ2n) is 4.26. The Morgan fingerprint density at radius 2 is 1.89 bits per heavy atom. The van der Waals surface area contributed by atoms with Gasteiger partial charge in [-0.1, -0.05) is 30.3 Å². The predicted molar refractivity (Wildman–Crippen MR) is 69.0 cm³/mol. The number of hydrogen-bond donors (Lipinski definition) is 1. The molecule has 0 saturated carbocycles. The molecule has 2 atom stereocenters. The molecule has 102 valence electrons. The molecule has 0 fully saturated rings. The van der Waals surface area contributed by atoms with Crippen molar-refractivity contribution in [2.24, 2.45) is 5.73 Å². The van der Waals surface area contributed by atoms with E-state index < -0.39 is 12.2 Å². The van der Waals surface area contributed by atoms with Gasteiger partial charge >= 0.3 is 0 Å². The Kier molecular flexibility index (Phi) is 5.00. The maximum absolute atomic E-state index is 13.8. The lowest BCUT2D eigenvalue weighted by molar-refractivity contribution is 0.0560. The lowest BCUT2D eigenvalue weighted by Crippen LogP contribution is -2.39. The number of nitrogens with zero attached hydrogens (tertiary/aromatic N) is 3. The van der Waals surface area contributed by atoms with E-state index in [9.17, 15) is 4.39 Å². The first kappa shape index (κ1) is 13.6. The number of nitrogens with two attached hydrogens (primary N) is 1. The van der Waals surface area contributed by atoms with Gasteiger partial charge in [-0.25, -0.2) is 4.39 Å². The third kappa shape index (κ3) is 4.42. The molecule has 0 saturated heterocycles. The Bertz CT molecular complexity index is 463. The van der Waals surface area contributed by atoms with Crippen LogP contribution in [0, 0.1) is 0 Å². The third-order valence-corrected chi connectivity index (χ3v) is 2.69. The van der Waals surface area contributed by atoms with Crippen molar-refractivity contribution in [3.63, 3.8) is 0 Å². The zero-order valence-electron chi connectivity index (χ0n) is 10.5. The van der Waals surface area contributed by atoms with E-state index in [0.717, 1.165) is 5.56 Å². The molecule has 0 unspecified atom stereocenters. The Hall–Kier alpha value is -1.79. The van der Waals surface area contributed by atoms with Gasteiger partial charge in [0, 0.05) is 0 Å². The Morgan fingerprint density at radius 3 is 2.58 bits per heavy atom. The smallest absolute Gasteiger partial charge is 0.140 e. The van der Waals surface area contributed by atoms with Crippen molar-refractivity contribution in [2.75, 3.05) is 6.61 Å². The summed E-state index contributed by atoms with van der Waals surface area (Å²) in [5.74, 6) is 0. The number of ether oxygens (including phenoxy) is 1. The molecule has 0 aliphatic rings. The van der Waals surface area contributed by atoms with E-state index in [0.29, 0.717) is 6.61 Å². The first-order chi connectivity index (χ1) is 9.25. The lowest BCUT2D eigenvalue weighted by Gasteiger charge is -2.16. The molecule has 2 N–H and O–H groups in total. The van der Waals surface area contributed by atoms with E-state index in [1.54, 1.807) is 0 Å². The molecule has 0 amide bonds. The molecular formula is C13H17FN4O. The van der Waals surface area contributed by atoms with Crippen LogP contribution >= 0.6 is 0 Å². The fourth-order valence-electron chi connectivity index (χ4n) is 1.63. The van der Waals surface area contributed by atoms with Crippen molar-refractivity contribution in [1.82, 2.24) is 15.0 Å². The number of aromatic nitrogens is 3. The van der Waals surface area contributed by atoms with Crippen molar-refractivity contribution in [2.45, 2.75) is 25.4 Å².